The van der Waals surface area contributed by atoms with Gasteiger partial charge in [0.25, 0.3) is 0 Å². The Hall–Kier alpha value is -2.72. The topological polar surface area (TPSA) is 18.5 Å². The van der Waals surface area contributed by atoms with Crippen molar-refractivity contribution in [2.75, 3.05) is 26.4 Å². The summed E-state index contributed by atoms with van der Waals surface area (Å²) in [6.07, 6.45) is 2.20. The van der Waals surface area contributed by atoms with Gasteiger partial charge >= 0.3 is 0 Å². The van der Waals surface area contributed by atoms with Gasteiger partial charge in [0.2, 0.25) is 0 Å². The molecule has 3 heteroatoms. The number of halogens is 1. The van der Waals surface area contributed by atoms with E-state index in [4.69, 9.17) is 9.47 Å². The molecule has 2 heterocycles. The van der Waals surface area contributed by atoms with Crippen LogP contribution in [-0.2, 0) is 14.9 Å². The highest BCUT2D eigenvalue weighted by atomic mass is 79.9. The van der Waals surface area contributed by atoms with Crippen LogP contribution in [0.3, 0.4) is 0 Å². The summed E-state index contributed by atoms with van der Waals surface area (Å²) in [5.74, 6) is 0.946. The Labute approximate surface area is 220 Å². The first-order valence-corrected chi connectivity index (χ1v) is 13.9. The molecule has 4 aromatic rings. The lowest BCUT2D eigenvalue weighted by molar-refractivity contribution is 0.194. The van der Waals surface area contributed by atoms with E-state index >= 15 is 0 Å². The molecule has 4 aromatic carbocycles. The minimum absolute atomic E-state index is 0.314. The maximum absolute atomic E-state index is 5.79. The SMILES string of the molecule is Brc1ccc2c(c1)C1(c3ccccc3-2)c2cc(C3CCOC3)ccc2-c2ccc(C3CCOC3)cc21. The van der Waals surface area contributed by atoms with E-state index in [0.717, 1.165) is 43.7 Å². The minimum Gasteiger partial charge on any atom is -0.381 e. The Bertz CT molecular complexity index is 1460. The molecule has 36 heavy (non-hydrogen) atoms. The van der Waals surface area contributed by atoms with E-state index in [2.05, 4.69) is 94.8 Å². The molecule has 8 rings (SSSR count). The number of benzene rings is 4. The third-order valence-electron chi connectivity index (χ3n) is 8.99. The van der Waals surface area contributed by atoms with Crippen molar-refractivity contribution in [1.82, 2.24) is 0 Å². The van der Waals surface area contributed by atoms with Gasteiger partial charge in [0, 0.05) is 29.5 Å². The van der Waals surface area contributed by atoms with Gasteiger partial charge in [-0.3, -0.25) is 0 Å². The van der Waals surface area contributed by atoms with Crippen molar-refractivity contribution in [1.29, 1.82) is 0 Å². The second-order valence-corrected chi connectivity index (χ2v) is 11.6. The molecule has 1 spiro atoms. The van der Waals surface area contributed by atoms with Crippen molar-refractivity contribution >= 4 is 15.9 Å². The lowest BCUT2D eigenvalue weighted by atomic mass is 9.69. The fourth-order valence-corrected chi connectivity index (χ4v) is 7.65. The lowest BCUT2D eigenvalue weighted by Gasteiger charge is -2.31. The van der Waals surface area contributed by atoms with E-state index in [1.807, 2.05) is 0 Å². The highest BCUT2D eigenvalue weighted by Crippen LogP contribution is 2.63. The zero-order valence-corrected chi connectivity index (χ0v) is 21.7. The average molecular weight is 535 g/mol. The molecule has 0 saturated carbocycles. The molecule has 2 atom stereocenters. The van der Waals surface area contributed by atoms with Crippen LogP contribution in [0.15, 0.2) is 83.3 Å². The molecule has 4 aliphatic rings. The Balaban J connectivity index is 1.47. The Morgan fingerprint density at radius 1 is 0.583 bits per heavy atom. The Morgan fingerprint density at radius 2 is 1.11 bits per heavy atom. The van der Waals surface area contributed by atoms with Gasteiger partial charge in [-0.15, -0.1) is 0 Å². The van der Waals surface area contributed by atoms with Crippen LogP contribution in [0.2, 0.25) is 0 Å². The average Bonchev–Trinajstić information content (AvgIpc) is 3.71. The third kappa shape index (κ3) is 2.80. The molecule has 178 valence electrons. The standard InChI is InChI=1S/C33H27BrO2/c34-24-7-10-28-25-3-1-2-4-29(25)33(32(28)17-24)30-15-20(22-11-13-35-18-22)5-8-26(30)27-9-6-21(16-31(27)33)23-12-14-36-19-23/h1-10,15-17,22-23H,11-14,18-19H2. The summed E-state index contributed by atoms with van der Waals surface area (Å²) in [7, 11) is 0. The van der Waals surface area contributed by atoms with Gasteiger partial charge in [-0.25, -0.2) is 0 Å². The Kier molecular flexibility index (Phi) is 4.68. The first-order valence-electron chi connectivity index (χ1n) is 13.1. The maximum atomic E-state index is 5.79. The van der Waals surface area contributed by atoms with Crippen LogP contribution in [0.1, 0.15) is 58.1 Å². The number of hydrogen-bond donors (Lipinski definition) is 0. The van der Waals surface area contributed by atoms with E-state index in [-0.39, 0.29) is 5.41 Å². The molecule has 0 bridgehead atoms. The molecule has 2 unspecified atom stereocenters. The fourth-order valence-electron chi connectivity index (χ4n) is 7.29. The first kappa shape index (κ1) is 21.4. The van der Waals surface area contributed by atoms with E-state index in [0.29, 0.717) is 11.8 Å². The lowest BCUT2D eigenvalue weighted by Crippen LogP contribution is -2.26. The Morgan fingerprint density at radius 3 is 1.69 bits per heavy atom. The van der Waals surface area contributed by atoms with Crippen LogP contribution in [0.5, 0.6) is 0 Å². The summed E-state index contributed by atoms with van der Waals surface area (Å²) in [5, 5.41) is 0. The molecule has 2 nitrogen and oxygen atoms in total. The molecule has 0 amide bonds. The fraction of sp³-hybridized carbons (Fsp3) is 0.273. The van der Waals surface area contributed by atoms with Crippen LogP contribution in [0.25, 0.3) is 22.3 Å². The van der Waals surface area contributed by atoms with Crippen molar-refractivity contribution in [2.45, 2.75) is 30.1 Å². The predicted molar refractivity (Wildman–Crippen MR) is 147 cm³/mol. The molecular formula is C33H27BrO2. The summed E-state index contributed by atoms with van der Waals surface area (Å²) in [6.45, 7) is 3.36. The van der Waals surface area contributed by atoms with Crippen LogP contribution in [-0.4, -0.2) is 26.4 Å². The normalized spacial score (nSPS) is 25.1. The van der Waals surface area contributed by atoms with Crippen LogP contribution in [0, 0.1) is 0 Å². The molecule has 2 fully saturated rings. The highest BCUT2D eigenvalue weighted by Gasteiger charge is 2.52. The second-order valence-electron chi connectivity index (χ2n) is 10.7. The van der Waals surface area contributed by atoms with E-state index < -0.39 is 0 Å². The van der Waals surface area contributed by atoms with Crippen molar-refractivity contribution in [3.63, 3.8) is 0 Å². The summed E-state index contributed by atoms with van der Waals surface area (Å²) < 4.78 is 12.7. The summed E-state index contributed by atoms with van der Waals surface area (Å²) in [4.78, 5) is 0. The smallest absolute Gasteiger partial charge is 0.0726 e. The second kappa shape index (κ2) is 7.89. The van der Waals surface area contributed by atoms with Gasteiger partial charge in [0.15, 0.2) is 0 Å². The van der Waals surface area contributed by atoms with Gasteiger partial charge in [-0.05, 0) is 80.6 Å². The van der Waals surface area contributed by atoms with E-state index in [1.54, 1.807) is 0 Å². The van der Waals surface area contributed by atoms with Crippen LogP contribution < -0.4 is 0 Å². The zero-order chi connectivity index (χ0) is 23.9. The largest absolute Gasteiger partial charge is 0.381 e. The minimum atomic E-state index is -0.314. The van der Waals surface area contributed by atoms with Crippen molar-refractivity contribution < 1.29 is 9.47 Å². The number of ether oxygens (including phenoxy) is 2. The maximum Gasteiger partial charge on any atom is 0.0726 e. The summed E-state index contributed by atoms with van der Waals surface area (Å²) in [6, 6.07) is 30.4. The molecule has 0 aromatic heterocycles. The molecule has 0 radical (unpaired) electrons. The predicted octanol–water partition coefficient (Wildman–Crippen LogP) is 7.80. The number of fused-ring (bicyclic) bond motifs is 10. The van der Waals surface area contributed by atoms with Gasteiger partial charge in [0.1, 0.15) is 0 Å². The van der Waals surface area contributed by atoms with Crippen LogP contribution >= 0.6 is 15.9 Å². The molecule has 0 N–H and O–H groups in total. The number of rotatable bonds is 2. The van der Waals surface area contributed by atoms with Crippen molar-refractivity contribution in [3.05, 3.63) is 117 Å². The summed E-state index contributed by atoms with van der Waals surface area (Å²) in [5.41, 5.74) is 13.6. The summed E-state index contributed by atoms with van der Waals surface area (Å²) >= 11 is 3.82. The van der Waals surface area contributed by atoms with Gasteiger partial charge in [-0.1, -0.05) is 82.7 Å². The molecule has 2 aliphatic heterocycles. The van der Waals surface area contributed by atoms with Crippen molar-refractivity contribution in [3.8, 4) is 22.3 Å². The molecule has 2 aliphatic carbocycles. The first-order chi connectivity index (χ1) is 17.7. The zero-order valence-electron chi connectivity index (χ0n) is 20.1. The third-order valence-corrected chi connectivity index (χ3v) is 9.49. The quantitative estimate of drug-likeness (QED) is 0.225. The van der Waals surface area contributed by atoms with E-state index in [9.17, 15) is 0 Å². The molecule has 2 saturated heterocycles. The van der Waals surface area contributed by atoms with Crippen molar-refractivity contribution in [2.24, 2.45) is 0 Å². The van der Waals surface area contributed by atoms with Gasteiger partial charge in [-0.2, -0.15) is 0 Å². The monoisotopic (exact) mass is 534 g/mol. The molecular weight excluding hydrogens is 508 g/mol. The van der Waals surface area contributed by atoms with E-state index in [1.165, 1.54) is 55.6 Å². The van der Waals surface area contributed by atoms with Crippen LogP contribution in [0.4, 0.5) is 0 Å². The number of hydrogen-bond acceptors (Lipinski definition) is 2. The highest BCUT2D eigenvalue weighted by molar-refractivity contribution is 9.10. The van der Waals surface area contributed by atoms with Gasteiger partial charge in [0.05, 0.1) is 18.6 Å². The van der Waals surface area contributed by atoms with Gasteiger partial charge < -0.3 is 9.47 Å².